The average Bonchev–Trinajstić information content (AvgIpc) is 3.05. The lowest BCUT2D eigenvalue weighted by atomic mass is 9.83. The average molecular weight is 354 g/mol. The Kier molecular flexibility index (Phi) is 4.33. The standard InChI is InChI=1S/C24H22N2O/c1-15-3-7-17(8-4-15)13-19-11-12-20-22(18-9-5-16(2)6-10-18)21(14-25)24(26)27-23(19)20/h3-10,13,22H,11-12,26H2,1-2H3/b19-13-/t22-/m1/s1. The number of nitriles is 1. The molecule has 0 fully saturated rings. The van der Waals surface area contributed by atoms with Gasteiger partial charge in [0, 0.05) is 5.92 Å². The van der Waals surface area contributed by atoms with Gasteiger partial charge in [-0.2, -0.15) is 5.26 Å². The third kappa shape index (κ3) is 3.15. The Hall–Kier alpha value is -3.25. The summed E-state index contributed by atoms with van der Waals surface area (Å²) in [7, 11) is 0. The first-order valence-electron chi connectivity index (χ1n) is 9.21. The van der Waals surface area contributed by atoms with Crippen LogP contribution in [0.4, 0.5) is 0 Å². The molecule has 2 aromatic rings. The summed E-state index contributed by atoms with van der Waals surface area (Å²) in [6.45, 7) is 4.14. The molecule has 3 nitrogen and oxygen atoms in total. The zero-order valence-electron chi connectivity index (χ0n) is 15.6. The van der Waals surface area contributed by atoms with Gasteiger partial charge in [0.2, 0.25) is 5.88 Å². The number of nitrogens with zero attached hydrogens (tertiary/aromatic N) is 1. The summed E-state index contributed by atoms with van der Waals surface area (Å²) in [5, 5.41) is 9.69. The predicted molar refractivity (Wildman–Crippen MR) is 107 cm³/mol. The molecule has 2 aliphatic rings. The van der Waals surface area contributed by atoms with E-state index in [9.17, 15) is 5.26 Å². The first-order chi connectivity index (χ1) is 13.1. The maximum Gasteiger partial charge on any atom is 0.205 e. The molecule has 134 valence electrons. The Morgan fingerprint density at radius 3 is 2.26 bits per heavy atom. The van der Waals surface area contributed by atoms with Crippen LogP contribution < -0.4 is 5.73 Å². The second kappa shape index (κ2) is 6.81. The minimum absolute atomic E-state index is 0.122. The molecule has 0 amide bonds. The Morgan fingerprint density at radius 1 is 1.00 bits per heavy atom. The van der Waals surface area contributed by atoms with Gasteiger partial charge in [0.1, 0.15) is 17.4 Å². The summed E-state index contributed by atoms with van der Waals surface area (Å²) in [4.78, 5) is 0. The van der Waals surface area contributed by atoms with Gasteiger partial charge in [-0.25, -0.2) is 0 Å². The normalized spacial score (nSPS) is 20.5. The fourth-order valence-electron chi connectivity index (χ4n) is 3.84. The molecule has 0 radical (unpaired) electrons. The SMILES string of the molecule is Cc1ccc(/C=C2/CCC3=C2OC(N)=C(C#N)[C@@H]3c2ccc(C)cc2)cc1. The van der Waals surface area contributed by atoms with Crippen molar-refractivity contribution >= 4 is 6.08 Å². The summed E-state index contributed by atoms with van der Waals surface area (Å²) in [5.74, 6) is 0.944. The highest BCUT2D eigenvalue weighted by Crippen LogP contribution is 2.48. The van der Waals surface area contributed by atoms with E-state index in [1.807, 2.05) is 0 Å². The quantitative estimate of drug-likeness (QED) is 0.802. The second-order valence-corrected chi connectivity index (χ2v) is 7.27. The van der Waals surface area contributed by atoms with Gasteiger partial charge >= 0.3 is 0 Å². The zero-order valence-corrected chi connectivity index (χ0v) is 15.6. The number of ether oxygens (including phenoxy) is 1. The highest BCUT2D eigenvalue weighted by atomic mass is 16.5. The second-order valence-electron chi connectivity index (χ2n) is 7.27. The van der Waals surface area contributed by atoms with Crippen molar-refractivity contribution in [2.24, 2.45) is 5.73 Å². The molecular weight excluding hydrogens is 332 g/mol. The van der Waals surface area contributed by atoms with E-state index in [0.29, 0.717) is 5.57 Å². The van der Waals surface area contributed by atoms with Gasteiger partial charge in [-0.15, -0.1) is 0 Å². The van der Waals surface area contributed by atoms with E-state index < -0.39 is 0 Å². The van der Waals surface area contributed by atoms with Gasteiger partial charge in [-0.05, 0) is 55.0 Å². The molecular formula is C24H22N2O. The lowest BCUT2D eigenvalue weighted by Crippen LogP contribution is -2.19. The van der Waals surface area contributed by atoms with Crippen molar-refractivity contribution in [1.29, 1.82) is 5.26 Å². The summed E-state index contributed by atoms with van der Waals surface area (Å²) in [6, 6.07) is 19.0. The number of hydrogen-bond acceptors (Lipinski definition) is 3. The van der Waals surface area contributed by atoms with E-state index >= 15 is 0 Å². The van der Waals surface area contributed by atoms with Gasteiger partial charge in [-0.1, -0.05) is 59.7 Å². The van der Waals surface area contributed by atoms with Crippen LogP contribution in [0.25, 0.3) is 6.08 Å². The van der Waals surface area contributed by atoms with Crippen LogP contribution in [-0.4, -0.2) is 0 Å². The van der Waals surface area contributed by atoms with Crippen molar-refractivity contribution in [2.45, 2.75) is 32.6 Å². The van der Waals surface area contributed by atoms with Crippen molar-refractivity contribution in [1.82, 2.24) is 0 Å². The predicted octanol–water partition coefficient (Wildman–Crippen LogP) is 5.24. The number of aryl methyl sites for hydroxylation is 2. The largest absolute Gasteiger partial charge is 0.440 e. The molecule has 0 aromatic heterocycles. The van der Waals surface area contributed by atoms with Crippen molar-refractivity contribution in [3.63, 3.8) is 0 Å². The van der Waals surface area contributed by atoms with Crippen LogP contribution in [0.5, 0.6) is 0 Å². The van der Waals surface area contributed by atoms with Crippen LogP contribution in [0.15, 0.2) is 76.9 Å². The third-order valence-electron chi connectivity index (χ3n) is 5.31. The molecule has 1 atom stereocenters. The number of hydrogen-bond donors (Lipinski definition) is 1. The van der Waals surface area contributed by atoms with E-state index in [1.54, 1.807) is 0 Å². The van der Waals surface area contributed by atoms with Crippen molar-refractivity contribution < 1.29 is 4.74 Å². The van der Waals surface area contributed by atoms with E-state index in [4.69, 9.17) is 10.5 Å². The zero-order chi connectivity index (χ0) is 19.0. The molecule has 0 bridgehead atoms. The van der Waals surface area contributed by atoms with E-state index in [-0.39, 0.29) is 11.8 Å². The smallest absolute Gasteiger partial charge is 0.205 e. The minimum Gasteiger partial charge on any atom is -0.440 e. The molecule has 0 saturated carbocycles. The number of allylic oxidation sites excluding steroid dienone is 3. The van der Waals surface area contributed by atoms with Crippen LogP contribution >= 0.6 is 0 Å². The van der Waals surface area contributed by atoms with E-state index in [0.717, 1.165) is 40.9 Å². The lowest BCUT2D eigenvalue weighted by Gasteiger charge is -2.26. The highest BCUT2D eigenvalue weighted by Gasteiger charge is 2.36. The maximum atomic E-state index is 9.69. The molecule has 2 N–H and O–H groups in total. The highest BCUT2D eigenvalue weighted by molar-refractivity contribution is 5.63. The van der Waals surface area contributed by atoms with E-state index in [1.165, 1.54) is 11.1 Å². The Labute approximate surface area is 160 Å². The molecule has 3 heteroatoms. The topological polar surface area (TPSA) is 59.0 Å². The third-order valence-corrected chi connectivity index (χ3v) is 5.31. The summed E-state index contributed by atoms with van der Waals surface area (Å²) < 4.78 is 5.94. The van der Waals surface area contributed by atoms with Gasteiger partial charge in [-0.3, -0.25) is 0 Å². The lowest BCUT2D eigenvalue weighted by molar-refractivity contribution is 0.292. The van der Waals surface area contributed by atoms with E-state index in [2.05, 4.69) is 74.5 Å². The Morgan fingerprint density at radius 2 is 1.63 bits per heavy atom. The summed E-state index contributed by atoms with van der Waals surface area (Å²) in [5.41, 5.74) is 13.6. The van der Waals surface area contributed by atoms with Crippen molar-refractivity contribution in [3.05, 3.63) is 99.1 Å². The molecule has 1 heterocycles. The first-order valence-corrected chi connectivity index (χ1v) is 9.21. The van der Waals surface area contributed by atoms with Gasteiger partial charge in [0.25, 0.3) is 0 Å². The maximum absolute atomic E-state index is 9.69. The molecule has 0 saturated heterocycles. The van der Waals surface area contributed by atoms with Crippen LogP contribution in [0, 0.1) is 25.2 Å². The van der Waals surface area contributed by atoms with Crippen LogP contribution in [0.1, 0.15) is 41.0 Å². The molecule has 2 aromatic carbocycles. The van der Waals surface area contributed by atoms with Crippen molar-refractivity contribution in [3.8, 4) is 6.07 Å². The van der Waals surface area contributed by atoms with Gasteiger partial charge < -0.3 is 10.5 Å². The monoisotopic (exact) mass is 354 g/mol. The van der Waals surface area contributed by atoms with Gasteiger partial charge in [0.15, 0.2) is 0 Å². The minimum atomic E-state index is -0.122. The number of benzene rings is 2. The molecule has 0 unspecified atom stereocenters. The number of rotatable bonds is 2. The molecule has 1 aliphatic carbocycles. The first kappa shape index (κ1) is 17.2. The Balaban J connectivity index is 1.78. The summed E-state index contributed by atoms with van der Waals surface area (Å²) >= 11 is 0. The van der Waals surface area contributed by atoms with Crippen LogP contribution in [-0.2, 0) is 4.74 Å². The fraction of sp³-hybridized carbons (Fsp3) is 0.208. The molecule has 1 aliphatic heterocycles. The molecule has 27 heavy (non-hydrogen) atoms. The molecule has 4 rings (SSSR count). The number of nitrogens with two attached hydrogens (primary N) is 1. The Bertz CT molecular complexity index is 1020. The van der Waals surface area contributed by atoms with Gasteiger partial charge in [0.05, 0.1) is 0 Å². The van der Waals surface area contributed by atoms with Crippen molar-refractivity contribution in [2.75, 3.05) is 0 Å². The summed E-state index contributed by atoms with van der Waals surface area (Å²) in [6.07, 6.45) is 3.94. The molecule has 0 spiro atoms. The van der Waals surface area contributed by atoms with Crippen LogP contribution in [0.3, 0.4) is 0 Å². The fourth-order valence-corrected chi connectivity index (χ4v) is 3.84. The van der Waals surface area contributed by atoms with Crippen LogP contribution in [0.2, 0.25) is 0 Å².